The maximum atomic E-state index is 11.3. The van der Waals surface area contributed by atoms with Gasteiger partial charge in [0.05, 0.1) is 0 Å². The lowest BCUT2D eigenvalue weighted by Crippen LogP contribution is -2.20. The van der Waals surface area contributed by atoms with E-state index in [1.54, 1.807) is 6.92 Å². The summed E-state index contributed by atoms with van der Waals surface area (Å²) in [6.45, 7) is 3.57. The minimum Gasteiger partial charge on any atom is -0.325 e. The Bertz CT molecular complexity index is 352. The van der Waals surface area contributed by atoms with Gasteiger partial charge in [0.1, 0.15) is 5.38 Å². The molecule has 0 unspecified atom stereocenters. The van der Waals surface area contributed by atoms with Gasteiger partial charge in [-0.05, 0) is 37.6 Å². The van der Waals surface area contributed by atoms with Gasteiger partial charge in [0, 0.05) is 10.2 Å². The summed E-state index contributed by atoms with van der Waals surface area (Å²) in [6.07, 6.45) is 0. The fourth-order valence-electron chi connectivity index (χ4n) is 1.000. The zero-order valence-corrected chi connectivity index (χ0v) is 10.3. The normalized spacial score (nSPS) is 12.3. The zero-order chi connectivity index (χ0) is 10.7. The SMILES string of the molecule is Cc1cc(Br)ccc1NC(=O)[C@H](C)Cl. The number of amides is 1. The van der Waals surface area contributed by atoms with E-state index in [4.69, 9.17) is 11.6 Å². The molecule has 0 aliphatic rings. The van der Waals surface area contributed by atoms with Gasteiger partial charge in [-0.2, -0.15) is 0 Å². The number of anilines is 1. The van der Waals surface area contributed by atoms with Crippen LogP contribution in [0.5, 0.6) is 0 Å². The summed E-state index contributed by atoms with van der Waals surface area (Å²) in [5.74, 6) is -0.183. The van der Waals surface area contributed by atoms with Crippen LogP contribution in [0.2, 0.25) is 0 Å². The van der Waals surface area contributed by atoms with Gasteiger partial charge in [-0.25, -0.2) is 0 Å². The Morgan fingerprint density at radius 1 is 1.57 bits per heavy atom. The van der Waals surface area contributed by atoms with E-state index >= 15 is 0 Å². The van der Waals surface area contributed by atoms with Crippen molar-refractivity contribution < 1.29 is 4.79 Å². The lowest BCUT2D eigenvalue weighted by molar-refractivity contribution is -0.115. The predicted octanol–water partition coefficient (Wildman–Crippen LogP) is 3.32. The average Bonchev–Trinajstić information content (AvgIpc) is 2.09. The van der Waals surface area contributed by atoms with Gasteiger partial charge in [0.25, 0.3) is 0 Å². The van der Waals surface area contributed by atoms with Crippen LogP contribution in [0.25, 0.3) is 0 Å². The molecule has 1 N–H and O–H groups in total. The van der Waals surface area contributed by atoms with E-state index in [-0.39, 0.29) is 5.91 Å². The van der Waals surface area contributed by atoms with Crippen LogP contribution < -0.4 is 5.32 Å². The van der Waals surface area contributed by atoms with Gasteiger partial charge >= 0.3 is 0 Å². The Morgan fingerprint density at radius 3 is 2.71 bits per heavy atom. The van der Waals surface area contributed by atoms with E-state index in [0.717, 1.165) is 15.7 Å². The molecule has 0 radical (unpaired) electrons. The Balaban J connectivity index is 2.82. The smallest absolute Gasteiger partial charge is 0.242 e. The average molecular weight is 277 g/mol. The van der Waals surface area contributed by atoms with E-state index < -0.39 is 5.38 Å². The summed E-state index contributed by atoms with van der Waals surface area (Å²) in [4.78, 5) is 11.3. The molecule has 4 heteroatoms. The topological polar surface area (TPSA) is 29.1 Å². The number of hydrogen-bond acceptors (Lipinski definition) is 1. The van der Waals surface area contributed by atoms with E-state index in [1.165, 1.54) is 0 Å². The lowest BCUT2D eigenvalue weighted by atomic mass is 10.2. The fourth-order valence-corrected chi connectivity index (χ4v) is 1.53. The molecule has 2 nitrogen and oxygen atoms in total. The molecule has 0 aliphatic heterocycles. The molecular weight excluding hydrogens is 265 g/mol. The van der Waals surface area contributed by atoms with E-state index in [2.05, 4.69) is 21.2 Å². The minimum absolute atomic E-state index is 0.183. The number of rotatable bonds is 2. The quantitative estimate of drug-likeness (QED) is 0.825. The highest BCUT2D eigenvalue weighted by Gasteiger charge is 2.10. The fraction of sp³-hybridized carbons (Fsp3) is 0.300. The van der Waals surface area contributed by atoms with Crippen molar-refractivity contribution in [3.63, 3.8) is 0 Å². The summed E-state index contributed by atoms with van der Waals surface area (Å²) < 4.78 is 0.993. The molecule has 1 aromatic carbocycles. The van der Waals surface area contributed by atoms with Gasteiger partial charge in [-0.15, -0.1) is 11.6 Å². The first-order valence-corrected chi connectivity index (χ1v) is 5.44. The Hall–Kier alpha value is -0.540. The second kappa shape index (κ2) is 4.80. The van der Waals surface area contributed by atoms with Crippen molar-refractivity contribution in [1.29, 1.82) is 0 Å². The van der Waals surface area contributed by atoms with E-state index in [1.807, 2.05) is 25.1 Å². The first-order chi connectivity index (χ1) is 6.50. The molecule has 0 aliphatic carbocycles. The van der Waals surface area contributed by atoms with Crippen molar-refractivity contribution in [2.45, 2.75) is 19.2 Å². The summed E-state index contributed by atoms with van der Waals surface area (Å²) in [6, 6.07) is 5.66. The molecule has 0 saturated heterocycles. The van der Waals surface area contributed by atoms with Crippen LogP contribution >= 0.6 is 27.5 Å². The van der Waals surface area contributed by atoms with Crippen LogP contribution in [0.1, 0.15) is 12.5 Å². The summed E-state index contributed by atoms with van der Waals surface area (Å²) in [5.41, 5.74) is 1.80. The van der Waals surface area contributed by atoms with Gasteiger partial charge in [-0.3, -0.25) is 4.79 Å². The van der Waals surface area contributed by atoms with Crippen molar-refractivity contribution in [1.82, 2.24) is 0 Å². The first-order valence-electron chi connectivity index (χ1n) is 4.22. The van der Waals surface area contributed by atoms with Crippen LogP contribution in [0.3, 0.4) is 0 Å². The number of carbonyl (C=O) groups is 1. The summed E-state index contributed by atoms with van der Waals surface area (Å²) >= 11 is 8.99. The first kappa shape index (κ1) is 11.5. The highest BCUT2D eigenvalue weighted by Crippen LogP contribution is 2.20. The number of alkyl halides is 1. The maximum absolute atomic E-state index is 11.3. The van der Waals surface area contributed by atoms with Crippen molar-refractivity contribution >= 4 is 39.1 Å². The summed E-state index contributed by atoms with van der Waals surface area (Å²) in [7, 11) is 0. The van der Waals surface area contributed by atoms with Gasteiger partial charge in [0.15, 0.2) is 0 Å². The van der Waals surface area contributed by atoms with Gasteiger partial charge in [0.2, 0.25) is 5.91 Å². The molecule has 1 aromatic rings. The van der Waals surface area contributed by atoms with Crippen LogP contribution in [-0.2, 0) is 4.79 Å². The second-order valence-corrected chi connectivity index (χ2v) is 4.63. The number of hydrogen-bond donors (Lipinski definition) is 1. The Kier molecular flexibility index (Phi) is 3.96. The minimum atomic E-state index is -0.516. The number of carbonyl (C=O) groups excluding carboxylic acids is 1. The molecule has 0 saturated carbocycles. The van der Waals surface area contributed by atoms with Gasteiger partial charge in [-0.1, -0.05) is 15.9 Å². The molecule has 0 spiro atoms. The van der Waals surface area contributed by atoms with Crippen molar-refractivity contribution in [2.75, 3.05) is 5.32 Å². The molecule has 1 atom stereocenters. The van der Waals surface area contributed by atoms with Crippen LogP contribution in [0, 0.1) is 6.92 Å². The molecular formula is C10H11BrClNO. The summed E-state index contributed by atoms with van der Waals surface area (Å²) in [5, 5.41) is 2.23. The second-order valence-electron chi connectivity index (χ2n) is 3.06. The van der Waals surface area contributed by atoms with Crippen molar-refractivity contribution in [3.8, 4) is 0 Å². The molecule has 1 amide bonds. The third-order valence-corrected chi connectivity index (χ3v) is 2.50. The molecule has 14 heavy (non-hydrogen) atoms. The number of nitrogens with one attached hydrogen (secondary N) is 1. The predicted molar refractivity (Wildman–Crippen MR) is 62.8 cm³/mol. The number of benzene rings is 1. The standard InChI is InChI=1S/C10H11BrClNO/c1-6-5-8(11)3-4-9(6)13-10(14)7(2)12/h3-5,7H,1-2H3,(H,13,14)/t7-/m0/s1. The third-order valence-electron chi connectivity index (χ3n) is 1.81. The lowest BCUT2D eigenvalue weighted by Gasteiger charge is -2.09. The highest BCUT2D eigenvalue weighted by atomic mass is 79.9. The zero-order valence-electron chi connectivity index (χ0n) is 7.97. The molecule has 1 rings (SSSR count). The third kappa shape index (κ3) is 3.00. The Labute approximate surface area is 96.8 Å². The molecule has 0 heterocycles. The van der Waals surface area contributed by atoms with Crippen molar-refractivity contribution in [3.05, 3.63) is 28.2 Å². The molecule has 76 valence electrons. The van der Waals surface area contributed by atoms with Gasteiger partial charge < -0.3 is 5.32 Å². The monoisotopic (exact) mass is 275 g/mol. The van der Waals surface area contributed by atoms with Crippen molar-refractivity contribution in [2.24, 2.45) is 0 Å². The molecule has 0 aromatic heterocycles. The van der Waals surface area contributed by atoms with E-state index in [0.29, 0.717) is 0 Å². The largest absolute Gasteiger partial charge is 0.325 e. The number of halogens is 2. The highest BCUT2D eigenvalue weighted by molar-refractivity contribution is 9.10. The van der Waals surface area contributed by atoms with Crippen LogP contribution in [-0.4, -0.2) is 11.3 Å². The van der Waals surface area contributed by atoms with Crippen LogP contribution in [0.4, 0.5) is 5.69 Å². The molecule has 0 fully saturated rings. The number of aryl methyl sites for hydroxylation is 1. The molecule has 0 bridgehead atoms. The van der Waals surface area contributed by atoms with E-state index in [9.17, 15) is 4.79 Å². The Morgan fingerprint density at radius 2 is 2.21 bits per heavy atom. The van der Waals surface area contributed by atoms with Crippen LogP contribution in [0.15, 0.2) is 22.7 Å². The maximum Gasteiger partial charge on any atom is 0.242 e.